The maximum absolute atomic E-state index is 12.5. The molecule has 0 radical (unpaired) electrons. The minimum Gasteiger partial charge on any atom is -0.497 e. The largest absolute Gasteiger partial charge is 0.497 e. The van der Waals surface area contributed by atoms with E-state index in [1.807, 2.05) is 24.3 Å². The molecule has 25 heavy (non-hydrogen) atoms. The molecule has 7 heteroatoms. The third kappa shape index (κ3) is 3.65. The Morgan fingerprint density at radius 2 is 2.16 bits per heavy atom. The Morgan fingerprint density at radius 1 is 1.36 bits per heavy atom. The molecule has 7 nitrogen and oxygen atoms in total. The summed E-state index contributed by atoms with van der Waals surface area (Å²) in [5, 5.41) is 13.3. The zero-order valence-electron chi connectivity index (χ0n) is 14.1. The van der Waals surface area contributed by atoms with E-state index in [1.165, 1.54) is 0 Å². The highest BCUT2D eigenvalue weighted by molar-refractivity contribution is 5.81. The monoisotopic (exact) mass is 344 g/mol. The third-order valence-corrected chi connectivity index (χ3v) is 4.51. The summed E-state index contributed by atoms with van der Waals surface area (Å²) in [6.45, 7) is 2.33. The quantitative estimate of drug-likeness (QED) is 0.890. The lowest BCUT2D eigenvalue weighted by Crippen LogP contribution is -2.31. The molecule has 2 aromatic rings. The Balaban J connectivity index is 1.77. The number of carbonyl (C=O) groups is 2. The van der Waals surface area contributed by atoms with Crippen molar-refractivity contribution in [2.24, 2.45) is 5.92 Å². The van der Waals surface area contributed by atoms with Crippen LogP contribution in [0.25, 0.3) is 0 Å². The fourth-order valence-electron chi connectivity index (χ4n) is 3.23. The van der Waals surface area contributed by atoms with Crippen molar-refractivity contribution in [2.45, 2.75) is 19.3 Å². The van der Waals surface area contributed by atoms with E-state index >= 15 is 0 Å². The van der Waals surface area contributed by atoms with Gasteiger partial charge in [-0.2, -0.15) is 0 Å². The molecule has 2 atom stereocenters. The van der Waals surface area contributed by atoms with Gasteiger partial charge in [0.1, 0.15) is 11.5 Å². The van der Waals surface area contributed by atoms with Crippen LogP contribution in [0.1, 0.15) is 22.9 Å². The van der Waals surface area contributed by atoms with Gasteiger partial charge < -0.3 is 19.3 Å². The zero-order valence-corrected chi connectivity index (χ0v) is 14.1. The highest BCUT2D eigenvalue weighted by Crippen LogP contribution is 2.34. The van der Waals surface area contributed by atoms with E-state index in [0.717, 1.165) is 5.56 Å². The third-order valence-electron chi connectivity index (χ3n) is 4.51. The molecular formula is C18H20N2O5. The molecule has 1 aromatic carbocycles. The van der Waals surface area contributed by atoms with Crippen LogP contribution in [0.3, 0.4) is 0 Å². The smallest absolute Gasteiger partial charge is 0.308 e. The van der Waals surface area contributed by atoms with E-state index in [0.29, 0.717) is 23.7 Å². The van der Waals surface area contributed by atoms with Gasteiger partial charge in [-0.05, 0) is 24.6 Å². The first-order chi connectivity index (χ1) is 12.0. The minimum atomic E-state index is -0.904. The number of methoxy groups -OCH3 is 1. The Kier molecular flexibility index (Phi) is 4.74. The van der Waals surface area contributed by atoms with Gasteiger partial charge >= 0.3 is 5.97 Å². The van der Waals surface area contributed by atoms with Gasteiger partial charge in [0.05, 0.1) is 25.1 Å². The lowest BCUT2D eigenvalue weighted by Gasteiger charge is -2.16. The van der Waals surface area contributed by atoms with Crippen LogP contribution < -0.4 is 4.74 Å². The molecule has 1 amide bonds. The van der Waals surface area contributed by atoms with E-state index in [4.69, 9.17) is 9.26 Å². The Hall–Kier alpha value is -2.83. The van der Waals surface area contributed by atoms with Gasteiger partial charge in [-0.1, -0.05) is 17.3 Å². The van der Waals surface area contributed by atoms with Gasteiger partial charge in [0.25, 0.3) is 0 Å². The van der Waals surface area contributed by atoms with Crippen molar-refractivity contribution in [1.29, 1.82) is 0 Å². The fraction of sp³-hybridized carbons (Fsp3) is 0.389. The molecule has 3 rings (SSSR count). The number of amides is 1. The number of likely N-dealkylation sites (tertiary alicyclic amines) is 1. The number of ether oxygens (including phenoxy) is 1. The summed E-state index contributed by atoms with van der Waals surface area (Å²) in [5.74, 6) is -0.824. The minimum absolute atomic E-state index is 0.0814. The highest BCUT2D eigenvalue weighted by atomic mass is 16.5. The Labute approximate surface area is 145 Å². The molecule has 1 aliphatic heterocycles. The summed E-state index contributed by atoms with van der Waals surface area (Å²) in [6.07, 6.45) is 0.0814. The SMILES string of the molecule is COc1cccc([C@@H]2CN(C(=O)Cc3cc(C)no3)C[C@H]2C(=O)O)c1. The first-order valence-electron chi connectivity index (χ1n) is 8.04. The van der Waals surface area contributed by atoms with Gasteiger partial charge in [-0.3, -0.25) is 9.59 Å². The summed E-state index contributed by atoms with van der Waals surface area (Å²) in [5.41, 5.74) is 1.57. The van der Waals surface area contributed by atoms with E-state index in [-0.39, 0.29) is 24.8 Å². The highest BCUT2D eigenvalue weighted by Gasteiger charge is 2.40. The molecule has 1 saturated heterocycles. The molecule has 0 spiro atoms. The molecule has 0 aliphatic carbocycles. The maximum Gasteiger partial charge on any atom is 0.308 e. The molecule has 1 aliphatic rings. The summed E-state index contributed by atoms with van der Waals surface area (Å²) >= 11 is 0. The van der Waals surface area contributed by atoms with Crippen molar-refractivity contribution in [1.82, 2.24) is 10.1 Å². The van der Waals surface area contributed by atoms with Crippen molar-refractivity contribution >= 4 is 11.9 Å². The average molecular weight is 344 g/mol. The van der Waals surface area contributed by atoms with Gasteiger partial charge in [0.15, 0.2) is 0 Å². The molecular weight excluding hydrogens is 324 g/mol. The van der Waals surface area contributed by atoms with Crippen LogP contribution in [0, 0.1) is 12.8 Å². The average Bonchev–Trinajstić information content (AvgIpc) is 3.21. The molecule has 0 unspecified atom stereocenters. The molecule has 1 N–H and O–H groups in total. The van der Waals surface area contributed by atoms with Crippen molar-refractivity contribution < 1.29 is 24.0 Å². The number of hydrogen-bond acceptors (Lipinski definition) is 5. The number of benzene rings is 1. The zero-order chi connectivity index (χ0) is 18.0. The van der Waals surface area contributed by atoms with Crippen LogP contribution >= 0.6 is 0 Å². The maximum atomic E-state index is 12.5. The van der Waals surface area contributed by atoms with Gasteiger partial charge in [0, 0.05) is 25.1 Å². The second-order valence-corrected chi connectivity index (χ2v) is 6.24. The summed E-state index contributed by atoms with van der Waals surface area (Å²) < 4.78 is 10.3. The molecule has 1 aromatic heterocycles. The van der Waals surface area contributed by atoms with E-state index < -0.39 is 11.9 Å². The summed E-state index contributed by atoms with van der Waals surface area (Å²) in [4.78, 5) is 25.8. The van der Waals surface area contributed by atoms with Crippen LogP contribution in [0.4, 0.5) is 0 Å². The number of rotatable bonds is 5. The number of hydrogen-bond donors (Lipinski definition) is 1. The number of aryl methyl sites for hydroxylation is 1. The van der Waals surface area contributed by atoms with Gasteiger partial charge in [-0.15, -0.1) is 0 Å². The van der Waals surface area contributed by atoms with Crippen LogP contribution in [0.2, 0.25) is 0 Å². The first-order valence-corrected chi connectivity index (χ1v) is 8.04. The van der Waals surface area contributed by atoms with E-state index in [9.17, 15) is 14.7 Å². The van der Waals surface area contributed by atoms with Crippen LogP contribution in [-0.4, -0.2) is 47.2 Å². The Bertz CT molecular complexity index is 785. The lowest BCUT2D eigenvalue weighted by molar-refractivity contribution is -0.141. The summed E-state index contributed by atoms with van der Waals surface area (Å²) in [7, 11) is 1.57. The van der Waals surface area contributed by atoms with Gasteiger partial charge in [-0.25, -0.2) is 0 Å². The van der Waals surface area contributed by atoms with E-state index in [2.05, 4.69) is 5.16 Å². The predicted octanol–water partition coefficient (Wildman–Crippen LogP) is 1.86. The summed E-state index contributed by atoms with van der Waals surface area (Å²) in [6, 6.07) is 9.05. The second kappa shape index (κ2) is 6.96. The number of carboxylic acid groups (broad SMARTS) is 1. The van der Waals surface area contributed by atoms with Crippen molar-refractivity contribution in [2.75, 3.05) is 20.2 Å². The van der Waals surface area contributed by atoms with Crippen molar-refractivity contribution in [3.05, 3.63) is 47.3 Å². The Morgan fingerprint density at radius 3 is 2.80 bits per heavy atom. The number of carboxylic acids is 1. The van der Waals surface area contributed by atoms with E-state index in [1.54, 1.807) is 25.0 Å². The molecule has 1 fully saturated rings. The van der Waals surface area contributed by atoms with Crippen LogP contribution in [0.15, 0.2) is 34.9 Å². The first kappa shape index (κ1) is 17.0. The van der Waals surface area contributed by atoms with Crippen molar-refractivity contribution in [3.8, 4) is 5.75 Å². The van der Waals surface area contributed by atoms with Crippen molar-refractivity contribution in [3.63, 3.8) is 0 Å². The van der Waals surface area contributed by atoms with Gasteiger partial charge in [0.2, 0.25) is 5.91 Å². The molecule has 0 bridgehead atoms. The lowest BCUT2D eigenvalue weighted by atomic mass is 9.89. The molecule has 0 saturated carbocycles. The number of aromatic nitrogens is 1. The predicted molar refractivity (Wildman–Crippen MR) is 88.4 cm³/mol. The molecule has 132 valence electrons. The standard InChI is InChI=1S/C18H20N2O5/c1-11-6-14(25-19-11)8-17(21)20-9-15(16(10-20)18(22)23)12-4-3-5-13(7-12)24-2/h3-7,15-16H,8-10H2,1-2H3,(H,22,23)/t15-,16+/m0/s1. The topological polar surface area (TPSA) is 92.9 Å². The molecule has 2 heterocycles. The number of aliphatic carboxylic acids is 1. The normalized spacial score (nSPS) is 19.8. The second-order valence-electron chi connectivity index (χ2n) is 6.24. The number of carbonyl (C=O) groups excluding carboxylic acids is 1. The van der Waals surface area contributed by atoms with Crippen LogP contribution in [0.5, 0.6) is 5.75 Å². The van der Waals surface area contributed by atoms with Crippen LogP contribution in [-0.2, 0) is 16.0 Å². The number of nitrogens with zero attached hydrogens (tertiary/aromatic N) is 2. The fourth-order valence-corrected chi connectivity index (χ4v) is 3.23.